The van der Waals surface area contributed by atoms with E-state index in [9.17, 15) is 27.2 Å². The first-order chi connectivity index (χ1) is 9.30. The summed E-state index contributed by atoms with van der Waals surface area (Å²) in [6.45, 7) is -0.115. The van der Waals surface area contributed by atoms with Gasteiger partial charge in [-0.05, 0) is 30.7 Å². The molecular weight excluding hydrogens is 280 g/mol. The number of hydrogen-bond donors (Lipinski definition) is 2. The predicted octanol–water partition coefficient (Wildman–Crippen LogP) is 1.62. The predicted molar refractivity (Wildman–Crippen MR) is 62.4 cm³/mol. The highest BCUT2D eigenvalue weighted by Gasteiger charge is 2.38. The van der Waals surface area contributed by atoms with E-state index in [4.69, 9.17) is 0 Å². The number of carbonyl (C=O) groups is 2. The quantitative estimate of drug-likeness (QED) is 0.640. The first kappa shape index (κ1) is 15.9. The van der Waals surface area contributed by atoms with Gasteiger partial charge in [0.2, 0.25) is 0 Å². The molecule has 0 fully saturated rings. The Morgan fingerprint density at radius 3 is 2.10 bits per heavy atom. The molecular formula is C12H12F4N2O2. The molecule has 0 aromatic heterocycles. The average Bonchev–Trinajstić information content (AvgIpc) is 2.37. The second-order valence-electron chi connectivity index (χ2n) is 3.87. The summed E-state index contributed by atoms with van der Waals surface area (Å²) in [6, 6.07) is 4.82. The molecule has 1 aromatic carbocycles. The van der Waals surface area contributed by atoms with Crippen LogP contribution in [0.3, 0.4) is 0 Å². The Morgan fingerprint density at radius 1 is 1.00 bits per heavy atom. The Bertz CT molecular complexity index is 471. The van der Waals surface area contributed by atoms with Gasteiger partial charge in [0.1, 0.15) is 5.82 Å². The van der Waals surface area contributed by atoms with Crippen molar-refractivity contribution >= 4 is 11.8 Å². The molecule has 0 saturated carbocycles. The molecule has 1 rings (SSSR count). The third-order valence-corrected chi connectivity index (χ3v) is 2.29. The fourth-order valence-electron chi connectivity index (χ4n) is 1.30. The molecule has 0 aliphatic heterocycles. The van der Waals surface area contributed by atoms with Gasteiger partial charge in [-0.25, -0.2) is 4.39 Å². The van der Waals surface area contributed by atoms with Crippen LogP contribution in [0.5, 0.6) is 0 Å². The van der Waals surface area contributed by atoms with Gasteiger partial charge in [0.05, 0.1) is 0 Å². The zero-order valence-electron chi connectivity index (χ0n) is 10.3. The third-order valence-electron chi connectivity index (χ3n) is 2.29. The van der Waals surface area contributed by atoms with E-state index in [0.29, 0.717) is 0 Å². The Balaban J connectivity index is 2.23. The van der Waals surface area contributed by atoms with Crippen molar-refractivity contribution in [1.29, 1.82) is 0 Å². The number of hydrogen-bond acceptors (Lipinski definition) is 2. The monoisotopic (exact) mass is 292 g/mol. The van der Waals surface area contributed by atoms with Crippen molar-refractivity contribution in [3.8, 4) is 0 Å². The first-order valence-corrected chi connectivity index (χ1v) is 5.69. The lowest BCUT2D eigenvalue weighted by Gasteiger charge is -2.08. The van der Waals surface area contributed by atoms with Gasteiger partial charge in [-0.3, -0.25) is 9.59 Å². The number of alkyl halides is 3. The highest BCUT2D eigenvalue weighted by atomic mass is 19.4. The fraction of sp³-hybridized carbons (Fsp3) is 0.333. The standard InChI is InChI=1S/C12H12F4N2O2/c13-9-4-2-8(3-5-9)10(19)17-6-1-7-18-11(20)12(14,15)16/h2-5H,1,6-7H2,(H,17,19)(H,18,20). The molecule has 0 radical (unpaired) electrons. The largest absolute Gasteiger partial charge is 0.471 e. The molecule has 0 unspecified atom stereocenters. The Kier molecular flexibility index (Phi) is 5.48. The van der Waals surface area contributed by atoms with Crippen LogP contribution in [0, 0.1) is 5.82 Å². The summed E-state index contributed by atoms with van der Waals surface area (Å²) in [6.07, 6.45) is -4.76. The average molecular weight is 292 g/mol. The molecule has 0 spiro atoms. The van der Waals surface area contributed by atoms with Crippen molar-refractivity contribution in [2.24, 2.45) is 0 Å². The van der Waals surface area contributed by atoms with Crippen molar-refractivity contribution in [2.75, 3.05) is 13.1 Å². The van der Waals surface area contributed by atoms with Crippen molar-refractivity contribution in [3.05, 3.63) is 35.6 Å². The third kappa shape index (κ3) is 5.25. The van der Waals surface area contributed by atoms with Gasteiger partial charge < -0.3 is 10.6 Å². The van der Waals surface area contributed by atoms with Crippen LogP contribution in [0.25, 0.3) is 0 Å². The summed E-state index contributed by atoms with van der Waals surface area (Å²) < 4.78 is 48.1. The molecule has 0 aliphatic rings. The summed E-state index contributed by atoms with van der Waals surface area (Å²) >= 11 is 0. The van der Waals surface area contributed by atoms with Crippen molar-refractivity contribution in [1.82, 2.24) is 10.6 Å². The molecule has 0 bridgehead atoms. The maximum atomic E-state index is 12.6. The van der Waals surface area contributed by atoms with Crippen LogP contribution in [-0.4, -0.2) is 31.1 Å². The molecule has 0 saturated heterocycles. The summed E-state index contributed by atoms with van der Waals surface area (Å²) in [5.74, 6) is -2.95. The highest BCUT2D eigenvalue weighted by Crippen LogP contribution is 2.13. The molecule has 1 aromatic rings. The first-order valence-electron chi connectivity index (χ1n) is 5.69. The lowest BCUT2D eigenvalue weighted by molar-refractivity contribution is -0.173. The van der Waals surface area contributed by atoms with Crippen LogP contribution in [-0.2, 0) is 4.79 Å². The fourth-order valence-corrected chi connectivity index (χ4v) is 1.30. The van der Waals surface area contributed by atoms with Crippen molar-refractivity contribution in [3.63, 3.8) is 0 Å². The van der Waals surface area contributed by atoms with Crippen LogP contribution in [0.1, 0.15) is 16.8 Å². The molecule has 4 nitrogen and oxygen atoms in total. The molecule has 20 heavy (non-hydrogen) atoms. The topological polar surface area (TPSA) is 58.2 Å². The van der Waals surface area contributed by atoms with E-state index in [-0.39, 0.29) is 25.1 Å². The number of benzene rings is 1. The normalized spacial score (nSPS) is 11.0. The SMILES string of the molecule is O=C(NCCCNC(=O)C(F)(F)F)c1ccc(F)cc1. The summed E-state index contributed by atoms with van der Waals surface area (Å²) in [5.41, 5.74) is 0.241. The van der Waals surface area contributed by atoms with Gasteiger partial charge in [0.25, 0.3) is 5.91 Å². The molecule has 8 heteroatoms. The van der Waals surface area contributed by atoms with E-state index in [1.165, 1.54) is 12.1 Å². The summed E-state index contributed by atoms with van der Waals surface area (Å²) in [4.78, 5) is 22.0. The van der Waals surface area contributed by atoms with Gasteiger partial charge in [-0.2, -0.15) is 13.2 Å². The zero-order valence-corrected chi connectivity index (χ0v) is 10.3. The molecule has 0 heterocycles. The van der Waals surface area contributed by atoms with E-state index in [2.05, 4.69) is 5.32 Å². The number of halogens is 4. The Hall–Kier alpha value is -2.12. The van der Waals surface area contributed by atoms with Gasteiger partial charge >= 0.3 is 12.1 Å². The van der Waals surface area contributed by atoms with Crippen molar-refractivity contribution < 1.29 is 27.2 Å². The van der Waals surface area contributed by atoms with Gasteiger partial charge in [-0.1, -0.05) is 0 Å². The maximum absolute atomic E-state index is 12.6. The van der Waals surface area contributed by atoms with Crippen molar-refractivity contribution in [2.45, 2.75) is 12.6 Å². The van der Waals surface area contributed by atoms with Crippen LogP contribution in [0.2, 0.25) is 0 Å². The smallest absolute Gasteiger partial charge is 0.352 e. The second-order valence-corrected chi connectivity index (χ2v) is 3.87. The van der Waals surface area contributed by atoms with Crippen LogP contribution < -0.4 is 10.6 Å². The summed E-state index contributed by atoms with van der Waals surface area (Å²) in [5, 5.41) is 4.12. The maximum Gasteiger partial charge on any atom is 0.471 e. The van der Waals surface area contributed by atoms with Gasteiger partial charge in [0.15, 0.2) is 0 Å². The minimum absolute atomic E-state index is 0.0916. The Morgan fingerprint density at radius 2 is 1.55 bits per heavy atom. The van der Waals surface area contributed by atoms with E-state index in [1.54, 1.807) is 5.32 Å². The van der Waals surface area contributed by atoms with E-state index < -0.39 is 23.8 Å². The van der Waals surface area contributed by atoms with Gasteiger partial charge in [0, 0.05) is 18.7 Å². The van der Waals surface area contributed by atoms with E-state index in [1.807, 2.05) is 0 Å². The number of carbonyl (C=O) groups excluding carboxylic acids is 2. The minimum Gasteiger partial charge on any atom is -0.352 e. The van der Waals surface area contributed by atoms with E-state index >= 15 is 0 Å². The van der Waals surface area contributed by atoms with E-state index in [0.717, 1.165) is 12.1 Å². The molecule has 2 N–H and O–H groups in total. The number of nitrogens with one attached hydrogen (secondary N) is 2. The highest BCUT2D eigenvalue weighted by molar-refractivity contribution is 5.94. The van der Waals surface area contributed by atoms with Gasteiger partial charge in [-0.15, -0.1) is 0 Å². The second kappa shape index (κ2) is 6.88. The minimum atomic E-state index is -4.91. The molecule has 110 valence electrons. The molecule has 0 atom stereocenters. The lowest BCUT2D eigenvalue weighted by atomic mass is 10.2. The van der Waals surface area contributed by atoms with Crippen LogP contribution in [0.4, 0.5) is 17.6 Å². The zero-order chi connectivity index (χ0) is 15.2. The van der Waals surface area contributed by atoms with Crippen LogP contribution in [0.15, 0.2) is 24.3 Å². The lowest BCUT2D eigenvalue weighted by Crippen LogP contribution is -2.38. The molecule has 2 amide bonds. The number of rotatable bonds is 5. The Labute approximate surface area is 112 Å². The number of amides is 2. The van der Waals surface area contributed by atoms with Crippen LogP contribution >= 0.6 is 0 Å². The summed E-state index contributed by atoms with van der Waals surface area (Å²) in [7, 11) is 0. The molecule has 0 aliphatic carbocycles.